The number of aliphatic hydroxyl groups excluding tert-OH is 1. The smallest absolute Gasteiger partial charge is 0.330 e. The third-order valence-electron chi connectivity index (χ3n) is 4.51. The number of nitrogens with zero attached hydrogens (tertiary/aromatic N) is 1. The van der Waals surface area contributed by atoms with Crippen molar-refractivity contribution in [2.75, 3.05) is 16.6 Å². The summed E-state index contributed by atoms with van der Waals surface area (Å²) >= 11 is 0. The molecule has 1 aliphatic rings. The molecule has 0 bridgehead atoms. The van der Waals surface area contributed by atoms with Crippen molar-refractivity contribution < 1.29 is 27.0 Å². The molecule has 29 heavy (non-hydrogen) atoms. The highest BCUT2D eigenvalue weighted by Gasteiger charge is 2.30. The van der Waals surface area contributed by atoms with Crippen molar-refractivity contribution >= 4 is 25.9 Å². The van der Waals surface area contributed by atoms with E-state index in [1.807, 2.05) is 4.72 Å². The molecule has 9 nitrogen and oxygen atoms in total. The Kier molecular flexibility index (Phi) is 8.17. The number of aliphatic hydroxyl groups is 1. The summed E-state index contributed by atoms with van der Waals surface area (Å²) in [6.45, 7) is 2.32. The van der Waals surface area contributed by atoms with Gasteiger partial charge in [-0.1, -0.05) is 45.1 Å². The van der Waals surface area contributed by atoms with E-state index < -0.39 is 26.1 Å². The van der Waals surface area contributed by atoms with Gasteiger partial charge in [0.1, 0.15) is 11.4 Å². The van der Waals surface area contributed by atoms with E-state index in [2.05, 4.69) is 11.6 Å². The molecule has 2 rings (SSSR count). The van der Waals surface area contributed by atoms with Gasteiger partial charge < -0.3 is 10.2 Å². The van der Waals surface area contributed by atoms with E-state index in [0.29, 0.717) is 18.4 Å². The van der Waals surface area contributed by atoms with Crippen LogP contribution in [0.5, 0.6) is 5.75 Å². The Morgan fingerprint density at radius 2 is 1.79 bits per heavy atom. The van der Waals surface area contributed by atoms with E-state index in [4.69, 9.17) is 0 Å². The van der Waals surface area contributed by atoms with Gasteiger partial charge >= 0.3 is 10.2 Å². The minimum absolute atomic E-state index is 0.0195. The molecule has 11 heteroatoms. The van der Waals surface area contributed by atoms with Crippen LogP contribution >= 0.6 is 0 Å². The number of aromatic hydroxyl groups is 1. The number of hydrogen-bond donors (Lipinski definition) is 4. The second kappa shape index (κ2) is 10.2. The normalized spacial score (nSPS) is 15.9. The van der Waals surface area contributed by atoms with E-state index in [-0.39, 0.29) is 23.7 Å². The van der Waals surface area contributed by atoms with Gasteiger partial charge in [-0.3, -0.25) is 0 Å². The van der Waals surface area contributed by atoms with Gasteiger partial charge in [-0.15, -0.1) is 0 Å². The maximum atomic E-state index is 12.0. The second-order valence-corrected chi connectivity index (χ2v) is 10.4. The van der Waals surface area contributed by atoms with Crippen LogP contribution in [0.15, 0.2) is 30.3 Å². The fraction of sp³-hybridized carbons (Fsp3) is 0.556. The van der Waals surface area contributed by atoms with Crippen LogP contribution in [0.4, 0.5) is 5.69 Å². The third kappa shape index (κ3) is 7.09. The monoisotopic (exact) mass is 447 g/mol. The van der Waals surface area contributed by atoms with Crippen molar-refractivity contribution in [1.82, 2.24) is 9.44 Å². The fourth-order valence-corrected chi connectivity index (χ4v) is 5.20. The number of sulfonamides is 1. The van der Waals surface area contributed by atoms with Gasteiger partial charge in [-0.25, -0.2) is 22.2 Å². The summed E-state index contributed by atoms with van der Waals surface area (Å²) in [5.74, 6) is -0.749. The SMILES string of the molecule is CCCCCCCCS(=O)(=O)NCCc1ccc(N2C=C(O)NS2(=O)=O)c(O)c1. The number of nitrogens with one attached hydrogen (secondary N) is 2. The first-order valence-corrected chi connectivity index (χ1v) is 12.8. The summed E-state index contributed by atoms with van der Waals surface area (Å²) in [6.07, 6.45) is 7.32. The van der Waals surface area contributed by atoms with Crippen LogP contribution in [0.25, 0.3) is 0 Å². The largest absolute Gasteiger partial charge is 0.506 e. The lowest BCUT2D eigenvalue weighted by molar-refractivity contribution is 0.392. The Bertz CT molecular complexity index is 929. The minimum Gasteiger partial charge on any atom is -0.506 e. The van der Waals surface area contributed by atoms with Gasteiger partial charge in [-0.05, 0) is 30.5 Å². The lowest BCUT2D eigenvalue weighted by Crippen LogP contribution is -2.29. The molecule has 164 valence electrons. The number of unbranched alkanes of at least 4 members (excludes halogenated alkanes) is 5. The third-order valence-corrected chi connectivity index (χ3v) is 7.27. The van der Waals surface area contributed by atoms with E-state index in [0.717, 1.165) is 36.2 Å². The predicted molar refractivity (Wildman–Crippen MR) is 112 cm³/mol. The Morgan fingerprint density at radius 1 is 1.10 bits per heavy atom. The molecule has 1 heterocycles. The molecule has 1 aromatic rings. The van der Waals surface area contributed by atoms with Gasteiger partial charge in [0.2, 0.25) is 15.9 Å². The molecule has 0 saturated carbocycles. The van der Waals surface area contributed by atoms with Crippen molar-refractivity contribution in [3.63, 3.8) is 0 Å². The molecule has 0 saturated heterocycles. The number of hydrogen-bond acceptors (Lipinski definition) is 6. The van der Waals surface area contributed by atoms with E-state index in [1.165, 1.54) is 18.6 Å². The van der Waals surface area contributed by atoms with Gasteiger partial charge in [0, 0.05) is 6.54 Å². The lowest BCUT2D eigenvalue weighted by atomic mass is 10.1. The predicted octanol–water partition coefficient (Wildman–Crippen LogP) is 2.23. The van der Waals surface area contributed by atoms with Crippen molar-refractivity contribution in [3.8, 4) is 5.75 Å². The summed E-state index contributed by atoms with van der Waals surface area (Å²) in [4.78, 5) is 0. The van der Waals surface area contributed by atoms with Crippen LogP contribution in [0.1, 0.15) is 51.0 Å². The van der Waals surface area contributed by atoms with Crippen LogP contribution in [-0.4, -0.2) is 39.3 Å². The Morgan fingerprint density at radius 3 is 2.41 bits per heavy atom. The van der Waals surface area contributed by atoms with Crippen LogP contribution in [0, 0.1) is 0 Å². The molecule has 0 fully saturated rings. The zero-order chi connectivity index (χ0) is 21.5. The molecule has 0 atom stereocenters. The van der Waals surface area contributed by atoms with Crippen LogP contribution in [0.2, 0.25) is 0 Å². The second-order valence-electron chi connectivity index (χ2n) is 6.97. The molecule has 0 aromatic heterocycles. The highest BCUT2D eigenvalue weighted by molar-refractivity contribution is 7.91. The molecule has 1 aromatic carbocycles. The van der Waals surface area contributed by atoms with Crippen molar-refractivity contribution in [1.29, 1.82) is 0 Å². The molecular formula is C18H29N3O6S2. The van der Waals surface area contributed by atoms with Crippen molar-refractivity contribution in [2.24, 2.45) is 0 Å². The van der Waals surface area contributed by atoms with Gasteiger partial charge in [0.15, 0.2) is 0 Å². The fourth-order valence-electron chi connectivity index (χ4n) is 2.99. The molecular weight excluding hydrogens is 418 g/mol. The lowest BCUT2D eigenvalue weighted by Gasteiger charge is -2.16. The summed E-state index contributed by atoms with van der Waals surface area (Å²) < 4.78 is 53.0. The molecule has 0 aliphatic carbocycles. The minimum atomic E-state index is -3.99. The Labute approximate surface area is 172 Å². The highest BCUT2D eigenvalue weighted by Crippen LogP contribution is 2.32. The standard InChI is InChI=1S/C18H29N3O6S2/c1-2-3-4-5-6-7-12-28(24,25)19-11-10-15-8-9-16(17(22)13-15)21-14-18(23)20-29(21,26)27/h8-9,13-14,19-20,22-23H,2-7,10-12H2,1H3. The Hall–Kier alpha value is -1.98. The average Bonchev–Trinajstić information content (AvgIpc) is 2.90. The average molecular weight is 448 g/mol. The van der Waals surface area contributed by atoms with Gasteiger partial charge in [-0.2, -0.15) is 8.42 Å². The van der Waals surface area contributed by atoms with Gasteiger partial charge in [0.25, 0.3) is 0 Å². The first kappa shape index (κ1) is 23.3. The molecule has 0 spiro atoms. The summed E-state index contributed by atoms with van der Waals surface area (Å²) in [6, 6.07) is 4.36. The first-order chi connectivity index (χ1) is 13.6. The van der Waals surface area contributed by atoms with Gasteiger partial charge in [0.05, 0.1) is 12.0 Å². The zero-order valence-electron chi connectivity index (χ0n) is 16.5. The first-order valence-electron chi connectivity index (χ1n) is 9.67. The van der Waals surface area contributed by atoms with Crippen LogP contribution in [-0.2, 0) is 26.7 Å². The molecule has 0 unspecified atom stereocenters. The summed E-state index contributed by atoms with van der Waals surface area (Å²) in [5, 5.41) is 19.5. The molecule has 0 radical (unpaired) electrons. The Balaban J connectivity index is 1.83. The quantitative estimate of drug-likeness (QED) is 0.363. The number of anilines is 1. The molecule has 0 amide bonds. The molecule has 4 N–H and O–H groups in total. The van der Waals surface area contributed by atoms with Crippen LogP contribution in [0.3, 0.4) is 0 Å². The van der Waals surface area contributed by atoms with E-state index in [1.54, 1.807) is 6.07 Å². The maximum absolute atomic E-state index is 12.0. The van der Waals surface area contributed by atoms with Crippen molar-refractivity contribution in [2.45, 2.75) is 51.9 Å². The number of rotatable bonds is 12. The zero-order valence-corrected chi connectivity index (χ0v) is 18.1. The molecule has 1 aliphatic heterocycles. The summed E-state index contributed by atoms with van der Waals surface area (Å²) in [5.41, 5.74) is 0.625. The van der Waals surface area contributed by atoms with E-state index >= 15 is 0 Å². The number of phenolic OH excluding ortho intramolecular Hbond substituents is 1. The van der Waals surface area contributed by atoms with E-state index in [9.17, 15) is 27.0 Å². The topological polar surface area (TPSA) is 136 Å². The highest BCUT2D eigenvalue weighted by atomic mass is 32.2. The van der Waals surface area contributed by atoms with Crippen molar-refractivity contribution in [3.05, 3.63) is 35.8 Å². The number of phenols is 1. The number of benzene rings is 1. The maximum Gasteiger partial charge on any atom is 0.330 e. The van der Waals surface area contributed by atoms with Crippen LogP contribution < -0.4 is 13.7 Å². The summed E-state index contributed by atoms with van der Waals surface area (Å²) in [7, 11) is -7.33.